The van der Waals surface area contributed by atoms with E-state index >= 15 is 0 Å². The van der Waals surface area contributed by atoms with Crippen molar-refractivity contribution in [3.05, 3.63) is 76.9 Å². The molecule has 1 saturated heterocycles. The Kier molecular flexibility index (Phi) is 8.71. The molecule has 1 aliphatic carbocycles. The van der Waals surface area contributed by atoms with E-state index < -0.39 is 48.1 Å². The second-order valence-electron chi connectivity index (χ2n) is 11.4. The van der Waals surface area contributed by atoms with Crippen LogP contribution in [0.3, 0.4) is 0 Å². The smallest absolute Gasteiger partial charge is 0.265 e. The molecule has 0 bridgehead atoms. The van der Waals surface area contributed by atoms with Crippen LogP contribution >= 0.6 is 11.3 Å². The maximum absolute atomic E-state index is 14.9. The summed E-state index contributed by atoms with van der Waals surface area (Å²) in [6.45, 7) is 0.908. The summed E-state index contributed by atoms with van der Waals surface area (Å²) in [5, 5.41) is 0.896. The Labute approximate surface area is 263 Å². The number of sulfonamides is 2. The number of hydrogen-bond donors (Lipinski definition) is 1. The fourth-order valence-corrected chi connectivity index (χ4v) is 8.75. The lowest BCUT2D eigenvalue weighted by atomic mass is 9.86. The van der Waals surface area contributed by atoms with E-state index in [-0.39, 0.29) is 11.8 Å². The molecule has 1 N–H and O–H groups in total. The quantitative estimate of drug-likeness (QED) is 0.232. The Morgan fingerprint density at radius 2 is 1.67 bits per heavy atom. The van der Waals surface area contributed by atoms with Crippen molar-refractivity contribution in [1.29, 1.82) is 0 Å². The van der Waals surface area contributed by atoms with Gasteiger partial charge in [-0.1, -0.05) is 6.42 Å². The average molecular weight is 678 g/mol. The summed E-state index contributed by atoms with van der Waals surface area (Å²) in [6.07, 6.45) is 7.92. The molecule has 4 aromatic rings. The standard InChI is InChI=1S/C30H30F3N5O4S3/c1-44(39,40)38-13-10-18(11-14-38)15-27-34-12-9-24(35-27)29-28(36-30(43-29)19-3-2-4-19)20-5-7-22(32)25(16-20)37-45(41,42)26-17-21(31)6-8-23(26)33/h5-9,12,16-19,37H,2-4,10-11,13-15H2,1H3. The second kappa shape index (κ2) is 12.4. The van der Waals surface area contributed by atoms with Gasteiger partial charge in [0.1, 0.15) is 28.2 Å². The van der Waals surface area contributed by atoms with Crippen LogP contribution in [0.4, 0.5) is 18.9 Å². The molecular weight excluding hydrogens is 648 g/mol. The first-order valence-electron chi connectivity index (χ1n) is 14.4. The van der Waals surface area contributed by atoms with Crippen molar-refractivity contribution in [2.75, 3.05) is 24.1 Å². The molecule has 9 nitrogen and oxygen atoms in total. The second-order valence-corrected chi connectivity index (χ2v) is 16.1. The van der Waals surface area contributed by atoms with Crippen molar-refractivity contribution in [2.45, 2.75) is 49.3 Å². The van der Waals surface area contributed by atoms with Gasteiger partial charge in [-0.15, -0.1) is 11.3 Å². The number of nitrogens with zero attached hydrogens (tertiary/aromatic N) is 4. The molecule has 1 saturated carbocycles. The number of thiazole rings is 1. The highest BCUT2D eigenvalue weighted by molar-refractivity contribution is 7.92. The third kappa shape index (κ3) is 6.90. The fraction of sp³-hybridized carbons (Fsp3) is 0.367. The molecule has 0 spiro atoms. The van der Waals surface area contributed by atoms with Crippen LogP contribution in [-0.4, -0.2) is 55.4 Å². The third-order valence-corrected chi connectivity index (χ3v) is 12.1. The first-order valence-corrected chi connectivity index (χ1v) is 18.6. The maximum Gasteiger partial charge on any atom is 0.265 e. The normalized spacial score (nSPS) is 16.9. The molecule has 2 fully saturated rings. The zero-order valence-electron chi connectivity index (χ0n) is 24.2. The van der Waals surface area contributed by atoms with Gasteiger partial charge in [0.05, 0.1) is 33.2 Å². The van der Waals surface area contributed by atoms with E-state index in [1.54, 1.807) is 12.3 Å². The van der Waals surface area contributed by atoms with Crippen LogP contribution in [0.5, 0.6) is 0 Å². The summed E-state index contributed by atoms with van der Waals surface area (Å²) >= 11 is 1.47. The highest BCUT2D eigenvalue weighted by Gasteiger charge is 2.29. The Morgan fingerprint density at radius 1 is 0.933 bits per heavy atom. The summed E-state index contributed by atoms with van der Waals surface area (Å²) in [5.74, 6) is -1.92. The Hall–Kier alpha value is -3.40. The van der Waals surface area contributed by atoms with E-state index in [1.165, 1.54) is 34.0 Å². The van der Waals surface area contributed by atoms with Crippen molar-refractivity contribution in [1.82, 2.24) is 19.3 Å². The monoisotopic (exact) mass is 677 g/mol. The Morgan fingerprint density at radius 3 is 2.36 bits per heavy atom. The fourth-order valence-electron chi connectivity index (χ4n) is 5.50. The highest BCUT2D eigenvalue weighted by atomic mass is 32.2. The van der Waals surface area contributed by atoms with Gasteiger partial charge in [-0.05, 0) is 74.1 Å². The lowest BCUT2D eigenvalue weighted by Gasteiger charge is -2.29. The number of halogens is 3. The van der Waals surface area contributed by atoms with Crippen molar-refractivity contribution < 1.29 is 30.0 Å². The van der Waals surface area contributed by atoms with Crippen LogP contribution in [0.1, 0.15) is 48.9 Å². The molecule has 6 rings (SSSR count). The molecule has 0 unspecified atom stereocenters. The van der Waals surface area contributed by atoms with Gasteiger partial charge >= 0.3 is 0 Å². The minimum Gasteiger partial charge on any atom is -0.277 e. The van der Waals surface area contributed by atoms with Crippen molar-refractivity contribution in [2.24, 2.45) is 5.92 Å². The van der Waals surface area contributed by atoms with Crippen LogP contribution in [-0.2, 0) is 26.5 Å². The molecule has 2 aliphatic rings. The van der Waals surface area contributed by atoms with Gasteiger partial charge in [0.25, 0.3) is 10.0 Å². The Bertz CT molecular complexity index is 1960. The summed E-state index contributed by atoms with van der Waals surface area (Å²) in [4.78, 5) is 14.0. The van der Waals surface area contributed by atoms with Gasteiger partial charge in [-0.25, -0.2) is 49.3 Å². The van der Waals surface area contributed by atoms with Crippen LogP contribution < -0.4 is 4.72 Å². The summed E-state index contributed by atoms with van der Waals surface area (Å²) in [6, 6.07) is 7.63. The molecule has 45 heavy (non-hydrogen) atoms. The summed E-state index contributed by atoms with van der Waals surface area (Å²) < 4.78 is 96.1. The molecule has 238 valence electrons. The predicted molar refractivity (Wildman–Crippen MR) is 165 cm³/mol. The van der Waals surface area contributed by atoms with Crippen LogP contribution in [0.25, 0.3) is 21.8 Å². The first-order chi connectivity index (χ1) is 21.4. The van der Waals surface area contributed by atoms with E-state index in [0.717, 1.165) is 36.4 Å². The van der Waals surface area contributed by atoms with Crippen LogP contribution in [0, 0.1) is 23.4 Å². The number of nitrogens with one attached hydrogen (secondary N) is 1. The molecular formula is C30H30F3N5O4S3. The summed E-state index contributed by atoms with van der Waals surface area (Å²) in [5.41, 5.74) is 1.08. The van der Waals surface area contributed by atoms with Gasteiger partial charge in [0.2, 0.25) is 10.0 Å². The molecule has 15 heteroatoms. The Balaban J connectivity index is 1.31. The van der Waals surface area contributed by atoms with Crippen molar-refractivity contribution >= 4 is 37.1 Å². The van der Waals surface area contributed by atoms with Crippen LogP contribution in [0.2, 0.25) is 0 Å². The van der Waals surface area contributed by atoms with E-state index in [2.05, 4.69) is 9.71 Å². The molecule has 1 aliphatic heterocycles. The lowest BCUT2D eigenvalue weighted by molar-refractivity contribution is 0.271. The zero-order valence-corrected chi connectivity index (χ0v) is 26.7. The molecule has 3 heterocycles. The molecule has 2 aromatic carbocycles. The molecule has 0 amide bonds. The van der Waals surface area contributed by atoms with E-state index in [9.17, 15) is 30.0 Å². The minimum absolute atomic E-state index is 0.223. The van der Waals surface area contributed by atoms with Gasteiger partial charge in [-0.3, -0.25) is 4.72 Å². The maximum atomic E-state index is 14.9. The predicted octanol–water partition coefficient (Wildman–Crippen LogP) is 5.97. The lowest BCUT2D eigenvalue weighted by Crippen LogP contribution is -2.38. The number of benzene rings is 2. The zero-order chi connectivity index (χ0) is 31.9. The first kappa shape index (κ1) is 31.6. The van der Waals surface area contributed by atoms with Crippen LogP contribution in [0.15, 0.2) is 53.6 Å². The van der Waals surface area contributed by atoms with Gasteiger partial charge in [0, 0.05) is 37.2 Å². The summed E-state index contributed by atoms with van der Waals surface area (Å²) in [7, 11) is -7.89. The molecule has 0 atom stereocenters. The van der Waals surface area contributed by atoms with Crippen molar-refractivity contribution in [3.63, 3.8) is 0 Å². The number of rotatable bonds is 9. The largest absolute Gasteiger partial charge is 0.277 e. The number of anilines is 1. The topological polar surface area (TPSA) is 122 Å². The van der Waals surface area contributed by atoms with E-state index in [0.29, 0.717) is 72.1 Å². The van der Waals surface area contributed by atoms with Gasteiger partial charge in [0.15, 0.2) is 0 Å². The van der Waals surface area contributed by atoms with E-state index in [1.807, 2.05) is 0 Å². The van der Waals surface area contributed by atoms with Gasteiger partial charge < -0.3 is 0 Å². The number of piperidine rings is 1. The number of aromatic nitrogens is 3. The SMILES string of the molecule is CS(=O)(=O)N1CCC(Cc2nccc(-c3sc(C4CCC4)nc3-c3ccc(F)c(NS(=O)(=O)c4cc(F)ccc4F)c3)n2)CC1. The third-order valence-electron chi connectivity index (χ3n) is 8.22. The minimum atomic E-state index is -4.66. The van der Waals surface area contributed by atoms with E-state index in [4.69, 9.17) is 9.97 Å². The van der Waals surface area contributed by atoms with Gasteiger partial charge in [-0.2, -0.15) is 0 Å². The van der Waals surface area contributed by atoms with Crippen molar-refractivity contribution in [3.8, 4) is 21.8 Å². The molecule has 2 aromatic heterocycles. The molecule has 0 radical (unpaired) electrons. The number of hydrogen-bond acceptors (Lipinski definition) is 8. The average Bonchev–Trinajstić information content (AvgIpc) is 3.39. The highest BCUT2D eigenvalue weighted by Crippen LogP contribution is 2.45.